The van der Waals surface area contributed by atoms with Crippen LogP contribution < -0.4 is 5.73 Å². The number of amides is 1. The molecule has 0 spiro atoms. The summed E-state index contributed by atoms with van der Waals surface area (Å²) in [6, 6.07) is 8.89. The van der Waals surface area contributed by atoms with Crippen LogP contribution in [-0.2, 0) is 0 Å². The highest BCUT2D eigenvalue weighted by Crippen LogP contribution is 2.15. The number of hydroxylamine groups is 2. The third-order valence-electron chi connectivity index (χ3n) is 2.18. The predicted molar refractivity (Wildman–Crippen MR) is 58.2 cm³/mol. The number of hydrogen-bond acceptors (Lipinski definition) is 3. The second-order valence-electron chi connectivity index (χ2n) is 3.27. The number of para-hydroxylation sites is 1. The quantitative estimate of drug-likeness (QED) is 0.247. The van der Waals surface area contributed by atoms with E-state index < -0.39 is 11.9 Å². The van der Waals surface area contributed by atoms with Gasteiger partial charge in [0.2, 0.25) is 5.96 Å². The molecule has 0 unspecified atom stereocenters. The molecule has 82 valence electrons. The highest BCUT2D eigenvalue weighted by Gasteiger charge is 2.17. The fourth-order valence-electron chi connectivity index (χ4n) is 1.41. The number of hydrogen-bond donors (Lipinski definition) is 4. The first-order valence-corrected chi connectivity index (χ1v) is 4.54. The summed E-state index contributed by atoms with van der Waals surface area (Å²) in [6.07, 6.45) is 0. The van der Waals surface area contributed by atoms with E-state index in [-0.39, 0.29) is 10.8 Å². The van der Waals surface area contributed by atoms with Crippen molar-refractivity contribution in [3.63, 3.8) is 0 Å². The number of rotatable bonds is 1. The monoisotopic (exact) mass is 218 g/mol. The number of benzene rings is 1. The van der Waals surface area contributed by atoms with Crippen LogP contribution in [0.2, 0.25) is 0 Å². The molecule has 1 aromatic heterocycles. The van der Waals surface area contributed by atoms with Gasteiger partial charge in [-0.05, 0) is 12.1 Å². The molecule has 1 amide bonds. The molecular weight excluding hydrogens is 208 g/mol. The molecule has 0 saturated heterocycles. The lowest BCUT2D eigenvalue weighted by Gasteiger charge is -2.10. The van der Waals surface area contributed by atoms with Crippen molar-refractivity contribution in [3.05, 3.63) is 36.0 Å². The van der Waals surface area contributed by atoms with Crippen molar-refractivity contribution in [3.8, 4) is 0 Å². The summed E-state index contributed by atoms with van der Waals surface area (Å²) in [7, 11) is 0. The van der Waals surface area contributed by atoms with Crippen LogP contribution in [0.15, 0.2) is 30.3 Å². The summed E-state index contributed by atoms with van der Waals surface area (Å²) >= 11 is 0. The van der Waals surface area contributed by atoms with Crippen LogP contribution >= 0.6 is 0 Å². The van der Waals surface area contributed by atoms with Gasteiger partial charge in [-0.3, -0.25) is 15.4 Å². The number of guanidine groups is 1. The molecule has 2 aromatic rings. The van der Waals surface area contributed by atoms with Crippen LogP contribution in [0.4, 0.5) is 0 Å². The van der Waals surface area contributed by atoms with Gasteiger partial charge in [0.15, 0.2) is 0 Å². The SMILES string of the molecule is N=C(N)N(O)C(=O)c1cc2ccccc2[nH]1. The van der Waals surface area contributed by atoms with E-state index >= 15 is 0 Å². The molecule has 0 saturated carbocycles. The maximum atomic E-state index is 11.6. The number of nitrogens with one attached hydrogen (secondary N) is 2. The van der Waals surface area contributed by atoms with E-state index in [1.54, 1.807) is 6.07 Å². The zero-order chi connectivity index (χ0) is 11.7. The Balaban J connectivity index is 2.41. The van der Waals surface area contributed by atoms with Gasteiger partial charge in [0, 0.05) is 10.9 Å². The summed E-state index contributed by atoms with van der Waals surface area (Å²) in [5, 5.41) is 17.1. The number of H-pyrrole nitrogens is 1. The smallest absolute Gasteiger partial charge is 0.301 e. The van der Waals surface area contributed by atoms with E-state index in [9.17, 15) is 10.0 Å². The van der Waals surface area contributed by atoms with E-state index in [0.29, 0.717) is 0 Å². The Labute approximate surface area is 90.7 Å². The van der Waals surface area contributed by atoms with Crippen molar-refractivity contribution < 1.29 is 10.0 Å². The van der Waals surface area contributed by atoms with Crippen LogP contribution in [0.1, 0.15) is 10.5 Å². The maximum absolute atomic E-state index is 11.6. The van der Waals surface area contributed by atoms with Gasteiger partial charge in [-0.1, -0.05) is 18.2 Å². The topological polar surface area (TPSA) is 106 Å². The summed E-state index contributed by atoms with van der Waals surface area (Å²) in [5.41, 5.74) is 5.95. The third kappa shape index (κ3) is 1.61. The van der Waals surface area contributed by atoms with Crippen molar-refractivity contribution in [1.82, 2.24) is 10.0 Å². The summed E-state index contributed by atoms with van der Waals surface area (Å²) in [6.45, 7) is 0. The lowest BCUT2D eigenvalue weighted by Crippen LogP contribution is -2.38. The van der Waals surface area contributed by atoms with E-state index in [1.165, 1.54) is 0 Å². The fraction of sp³-hybridized carbons (Fsp3) is 0. The molecule has 6 nitrogen and oxygen atoms in total. The van der Waals surface area contributed by atoms with Crippen LogP contribution in [0.25, 0.3) is 10.9 Å². The first-order valence-electron chi connectivity index (χ1n) is 4.54. The zero-order valence-corrected chi connectivity index (χ0v) is 8.27. The molecule has 1 heterocycles. The van der Waals surface area contributed by atoms with Crippen molar-refractivity contribution in [1.29, 1.82) is 5.41 Å². The van der Waals surface area contributed by atoms with E-state index in [2.05, 4.69) is 4.98 Å². The van der Waals surface area contributed by atoms with Crippen molar-refractivity contribution in [2.75, 3.05) is 0 Å². The summed E-state index contributed by atoms with van der Waals surface area (Å²) in [5.74, 6) is -1.48. The number of nitrogens with two attached hydrogens (primary N) is 1. The first kappa shape index (κ1) is 10.2. The second kappa shape index (κ2) is 3.67. The number of carbonyl (C=O) groups excluding carboxylic acids is 1. The van der Waals surface area contributed by atoms with Gasteiger partial charge >= 0.3 is 5.91 Å². The molecule has 0 bridgehead atoms. The highest BCUT2D eigenvalue weighted by molar-refractivity contribution is 6.04. The average Bonchev–Trinajstić information content (AvgIpc) is 2.70. The van der Waals surface area contributed by atoms with Gasteiger partial charge in [0.1, 0.15) is 5.69 Å². The Morgan fingerprint density at radius 2 is 2.12 bits per heavy atom. The molecule has 0 aliphatic rings. The molecule has 0 atom stereocenters. The summed E-state index contributed by atoms with van der Waals surface area (Å²) in [4.78, 5) is 14.4. The van der Waals surface area contributed by atoms with Crippen LogP contribution in [0, 0.1) is 5.41 Å². The fourth-order valence-corrected chi connectivity index (χ4v) is 1.41. The normalized spacial score (nSPS) is 10.3. The number of carbonyl (C=O) groups is 1. The summed E-state index contributed by atoms with van der Waals surface area (Å²) < 4.78 is 0. The van der Waals surface area contributed by atoms with Gasteiger partial charge < -0.3 is 10.7 Å². The molecule has 1 aromatic carbocycles. The Kier molecular flexibility index (Phi) is 2.34. The Hall–Kier alpha value is -2.34. The molecule has 0 radical (unpaired) electrons. The largest absolute Gasteiger partial charge is 0.368 e. The molecule has 5 N–H and O–H groups in total. The first-order chi connectivity index (χ1) is 7.59. The minimum absolute atomic E-state index is 0.0880. The van der Waals surface area contributed by atoms with Crippen LogP contribution in [-0.4, -0.2) is 27.1 Å². The molecule has 6 heteroatoms. The lowest BCUT2D eigenvalue weighted by molar-refractivity contribution is -0.00493. The minimum atomic E-state index is -0.760. The van der Waals surface area contributed by atoms with Crippen molar-refractivity contribution in [2.24, 2.45) is 5.73 Å². The Bertz CT molecular complexity index is 528. The van der Waals surface area contributed by atoms with E-state index in [1.807, 2.05) is 24.3 Å². The molecule has 2 rings (SSSR count). The number of aromatic amines is 1. The van der Waals surface area contributed by atoms with E-state index in [4.69, 9.17) is 11.1 Å². The number of nitrogens with zero attached hydrogens (tertiary/aromatic N) is 1. The third-order valence-corrected chi connectivity index (χ3v) is 2.18. The van der Waals surface area contributed by atoms with Gasteiger partial charge in [-0.15, -0.1) is 0 Å². The minimum Gasteiger partial charge on any atom is -0.368 e. The molecular formula is C10H10N4O2. The van der Waals surface area contributed by atoms with Crippen LogP contribution in [0.3, 0.4) is 0 Å². The van der Waals surface area contributed by atoms with Gasteiger partial charge in [0.25, 0.3) is 0 Å². The van der Waals surface area contributed by atoms with Crippen molar-refractivity contribution in [2.45, 2.75) is 0 Å². The highest BCUT2D eigenvalue weighted by atomic mass is 16.5. The molecule has 0 fully saturated rings. The Morgan fingerprint density at radius 1 is 1.44 bits per heavy atom. The zero-order valence-electron chi connectivity index (χ0n) is 8.27. The van der Waals surface area contributed by atoms with Crippen molar-refractivity contribution >= 4 is 22.8 Å². The molecule has 16 heavy (non-hydrogen) atoms. The Morgan fingerprint density at radius 3 is 2.75 bits per heavy atom. The van der Waals surface area contributed by atoms with Gasteiger partial charge in [0.05, 0.1) is 0 Å². The lowest BCUT2D eigenvalue weighted by atomic mass is 10.2. The maximum Gasteiger partial charge on any atom is 0.301 e. The number of aromatic nitrogens is 1. The molecule has 0 aliphatic heterocycles. The number of fused-ring (bicyclic) bond motifs is 1. The standard InChI is InChI=1S/C10H10N4O2/c11-10(12)14(16)9(15)8-5-6-3-1-2-4-7(6)13-8/h1-5,13,16H,(H3,11,12). The average molecular weight is 218 g/mol. The predicted octanol–water partition coefficient (Wildman–Crippen LogP) is 0.893. The molecule has 0 aliphatic carbocycles. The van der Waals surface area contributed by atoms with E-state index in [0.717, 1.165) is 10.9 Å². The van der Waals surface area contributed by atoms with Gasteiger partial charge in [-0.2, -0.15) is 5.06 Å². The second-order valence-corrected chi connectivity index (χ2v) is 3.27. The van der Waals surface area contributed by atoms with Crippen LogP contribution in [0.5, 0.6) is 0 Å². The van der Waals surface area contributed by atoms with Gasteiger partial charge in [-0.25, -0.2) is 0 Å².